The Bertz CT molecular complexity index is 934. The Labute approximate surface area is 211 Å². The lowest BCUT2D eigenvalue weighted by atomic mass is 10.2. The van der Waals surface area contributed by atoms with Crippen LogP contribution in [0.4, 0.5) is 5.69 Å². The number of piperazine rings is 1. The SMILES string of the molecule is CCc1nncn1CCNC(=NCCc1cccs1)N1CCN(c2ccccc2)CC1.I. The summed E-state index contributed by atoms with van der Waals surface area (Å²) in [5.41, 5.74) is 1.30. The normalized spacial score (nSPS) is 14.3. The van der Waals surface area contributed by atoms with Gasteiger partial charge in [-0.05, 0) is 23.6 Å². The van der Waals surface area contributed by atoms with Crippen LogP contribution in [0.3, 0.4) is 0 Å². The summed E-state index contributed by atoms with van der Waals surface area (Å²) in [6.45, 7) is 8.49. The van der Waals surface area contributed by atoms with Crippen LogP contribution in [0.5, 0.6) is 0 Å². The van der Waals surface area contributed by atoms with E-state index >= 15 is 0 Å². The molecule has 2 aromatic heterocycles. The quantitative estimate of drug-likeness (QED) is 0.257. The number of benzene rings is 1. The van der Waals surface area contributed by atoms with Gasteiger partial charge in [0.25, 0.3) is 0 Å². The van der Waals surface area contributed by atoms with Gasteiger partial charge in [-0.25, -0.2) is 0 Å². The van der Waals surface area contributed by atoms with E-state index in [4.69, 9.17) is 4.99 Å². The number of rotatable bonds is 8. The highest BCUT2D eigenvalue weighted by molar-refractivity contribution is 14.0. The molecule has 1 aliphatic heterocycles. The maximum atomic E-state index is 4.96. The van der Waals surface area contributed by atoms with Crippen LogP contribution in [0.25, 0.3) is 0 Å². The van der Waals surface area contributed by atoms with Gasteiger partial charge in [-0.2, -0.15) is 0 Å². The highest BCUT2D eigenvalue weighted by atomic mass is 127. The molecule has 9 heteroatoms. The summed E-state index contributed by atoms with van der Waals surface area (Å²) in [5.74, 6) is 2.03. The van der Waals surface area contributed by atoms with Crippen LogP contribution in [-0.4, -0.2) is 64.9 Å². The van der Waals surface area contributed by atoms with Gasteiger partial charge in [0.2, 0.25) is 0 Å². The molecule has 7 nitrogen and oxygen atoms in total. The molecule has 1 saturated heterocycles. The first-order valence-corrected chi connectivity index (χ1v) is 11.9. The van der Waals surface area contributed by atoms with Crippen LogP contribution in [0.2, 0.25) is 0 Å². The van der Waals surface area contributed by atoms with E-state index in [9.17, 15) is 0 Å². The summed E-state index contributed by atoms with van der Waals surface area (Å²) in [4.78, 5) is 11.2. The summed E-state index contributed by atoms with van der Waals surface area (Å²) in [7, 11) is 0. The summed E-state index contributed by atoms with van der Waals surface area (Å²) < 4.78 is 2.11. The molecular formula is C23H32IN7S. The molecule has 0 spiro atoms. The fraction of sp³-hybridized carbons (Fsp3) is 0.435. The Balaban J connectivity index is 0.00000289. The van der Waals surface area contributed by atoms with E-state index in [1.165, 1.54) is 10.6 Å². The zero-order valence-electron chi connectivity index (χ0n) is 18.6. The standard InChI is InChI=1S/C23H31N7S.HI/c1-2-22-27-26-19-30(22)13-12-25-23(24-11-10-21-9-6-18-31-21)29-16-14-28(15-17-29)20-7-4-3-5-8-20;/h3-9,18-19H,2,10-17H2,1H3,(H,24,25);1H. The van der Waals surface area contributed by atoms with E-state index in [1.807, 2.05) is 6.33 Å². The number of halogens is 1. The predicted octanol–water partition coefficient (Wildman–Crippen LogP) is 3.53. The number of para-hydroxylation sites is 1. The molecule has 0 unspecified atom stereocenters. The third kappa shape index (κ3) is 6.68. The van der Waals surface area contributed by atoms with Crippen molar-refractivity contribution in [3.05, 3.63) is 64.9 Å². The largest absolute Gasteiger partial charge is 0.368 e. The van der Waals surface area contributed by atoms with Gasteiger partial charge < -0.3 is 19.7 Å². The second-order valence-corrected chi connectivity index (χ2v) is 8.60. The molecule has 0 bridgehead atoms. The number of thiophene rings is 1. The topological polar surface area (TPSA) is 61.6 Å². The first kappa shape index (κ1) is 24.5. The third-order valence-corrected chi connectivity index (χ3v) is 6.48. The molecule has 172 valence electrons. The van der Waals surface area contributed by atoms with Gasteiger partial charge in [0.15, 0.2) is 5.96 Å². The number of anilines is 1. The number of hydrogen-bond acceptors (Lipinski definition) is 5. The molecule has 1 aliphatic rings. The lowest BCUT2D eigenvalue weighted by Crippen LogP contribution is -2.53. The van der Waals surface area contributed by atoms with Crippen LogP contribution in [0.15, 0.2) is 59.2 Å². The number of nitrogens with one attached hydrogen (secondary N) is 1. The molecule has 3 aromatic rings. The molecule has 0 atom stereocenters. The number of nitrogens with zero attached hydrogens (tertiary/aromatic N) is 6. The van der Waals surface area contributed by atoms with Crippen LogP contribution in [0, 0.1) is 0 Å². The minimum Gasteiger partial charge on any atom is -0.368 e. The lowest BCUT2D eigenvalue weighted by molar-refractivity contribution is 0.371. The minimum atomic E-state index is 0. The number of guanidine groups is 1. The maximum Gasteiger partial charge on any atom is 0.194 e. The summed E-state index contributed by atoms with van der Waals surface area (Å²) >= 11 is 1.80. The lowest BCUT2D eigenvalue weighted by Gasteiger charge is -2.37. The molecule has 0 radical (unpaired) electrons. The van der Waals surface area contributed by atoms with Gasteiger partial charge in [-0.3, -0.25) is 4.99 Å². The molecule has 1 aromatic carbocycles. The van der Waals surface area contributed by atoms with Gasteiger partial charge in [0, 0.05) is 69.2 Å². The first-order chi connectivity index (χ1) is 15.3. The fourth-order valence-corrected chi connectivity index (χ4v) is 4.54. The van der Waals surface area contributed by atoms with Crippen LogP contribution in [-0.2, 0) is 19.4 Å². The van der Waals surface area contributed by atoms with Crippen molar-refractivity contribution < 1.29 is 0 Å². The van der Waals surface area contributed by atoms with E-state index in [0.717, 1.165) is 70.4 Å². The summed E-state index contributed by atoms with van der Waals surface area (Å²) in [6, 6.07) is 15.0. The monoisotopic (exact) mass is 565 g/mol. The van der Waals surface area contributed by atoms with E-state index in [-0.39, 0.29) is 24.0 Å². The molecule has 0 aliphatic carbocycles. The Morgan fingerprint density at radius 2 is 1.91 bits per heavy atom. The molecular weight excluding hydrogens is 533 g/mol. The number of aromatic nitrogens is 3. The highest BCUT2D eigenvalue weighted by Gasteiger charge is 2.20. The van der Waals surface area contributed by atoms with Crippen molar-refractivity contribution in [2.24, 2.45) is 4.99 Å². The van der Waals surface area contributed by atoms with E-state index < -0.39 is 0 Å². The van der Waals surface area contributed by atoms with E-state index in [1.54, 1.807) is 11.3 Å². The number of hydrogen-bond donors (Lipinski definition) is 1. The predicted molar refractivity (Wildman–Crippen MR) is 143 cm³/mol. The zero-order chi connectivity index (χ0) is 21.3. The van der Waals surface area contributed by atoms with Gasteiger partial charge in [-0.15, -0.1) is 45.5 Å². The van der Waals surface area contributed by atoms with Crippen molar-refractivity contribution in [2.75, 3.05) is 44.2 Å². The van der Waals surface area contributed by atoms with Crippen LogP contribution in [0.1, 0.15) is 17.6 Å². The Morgan fingerprint density at radius 1 is 1.09 bits per heavy atom. The number of aryl methyl sites for hydroxylation is 1. The first-order valence-electron chi connectivity index (χ1n) is 11.1. The van der Waals surface area contributed by atoms with E-state index in [0.29, 0.717) is 0 Å². The van der Waals surface area contributed by atoms with Crippen LogP contribution < -0.4 is 10.2 Å². The van der Waals surface area contributed by atoms with Crippen molar-refractivity contribution >= 4 is 47.0 Å². The molecule has 1 N–H and O–H groups in total. The third-order valence-electron chi connectivity index (χ3n) is 5.55. The van der Waals surface area contributed by atoms with Crippen molar-refractivity contribution in [1.29, 1.82) is 0 Å². The van der Waals surface area contributed by atoms with Gasteiger partial charge in [0.05, 0.1) is 0 Å². The van der Waals surface area contributed by atoms with Crippen molar-refractivity contribution in [3.8, 4) is 0 Å². The second-order valence-electron chi connectivity index (χ2n) is 7.57. The average molecular weight is 566 g/mol. The zero-order valence-corrected chi connectivity index (χ0v) is 21.7. The molecule has 0 saturated carbocycles. The Hall–Kier alpha value is -2.14. The molecule has 32 heavy (non-hydrogen) atoms. The fourth-order valence-electron chi connectivity index (χ4n) is 3.84. The van der Waals surface area contributed by atoms with E-state index in [2.05, 4.69) is 84.6 Å². The van der Waals surface area contributed by atoms with Crippen LogP contribution >= 0.6 is 35.3 Å². The Morgan fingerprint density at radius 3 is 2.62 bits per heavy atom. The maximum absolute atomic E-state index is 4.96. The van der Waals surface area contributed by atoms with Crippen molar-refractivity contribution in [2.45, 2.75) is 26.3 Å². The summed E-state index contributed by atoms with van der Waals surface area (Å²) in [5, 5.41) is 13.9. The van der Waals surface area contributed by atoms with Gasteiger partial charge in [-0.1, -0.05) is 31.2 Å². The Kier molecular flexibility index (Phi) is 9.79. The van der Waals surface area contributed by atoms with Gasteiger partial charge in [0.1, 0.15) is 12.2 Å². The number of aliphatic imine (C=N–C) groups is 1. The van der Waals surface area contributed by atoms with Gasteiger partial charge >= 0.3 is 0 Å². The molecule has 3 heterocycles. The molecule has 4 rings (SSSR count). The summed E-state index contributed by atoms with van der Waals surface area (Å²) in [6.07, 6.45) is 3.69. The van der Waals surface area contributed by atoms with Crippen molar-refractivity contribution in [1.82, 2.24) is 25.0 Å². The average Bonchev–Trinajstić information content (AvgIpc) is 3.51. The molecule has 0 amide bonds. The highest BCUT2D eigenvalue weighted by Crippen LogP contribution is 2.16. The second kappa shape index (κ2) is 12.8. The van der Waals surface area contributed by atoms with Crippen molar-refractivity contribution in [3.63, 3.8) is 0 Å². The smallest absolute Gasteiger partial charge is 0.194 e. The molecule has 1 fully saturated rings. The minimum absolute atomic E-state index is 0.